The van der Waals surface area contributed by atoms with Crippen LogP contribution in [0.1, 0.15) is 28.2 Å². The second-order valence-corrected chi connectivity index (χ2v) is 6.16. The fraction of sp³-hybridized carbons (Fsp3) is 0.120. The summed E-state index contributed by atoms with van der Waals surface area (Å²) in [7, 11) is 1.68. The van der Waals surface area contributed by atoms with E-state index in [1.807, 2.05) is 42.5 Å². The summed E-state index contributed by atoms with van der Waals surface area (Å²) in [5, 5.41) is 0. The molecule has 0 aliphatic heterocycles. The van der Waals surface area contributed by atoms with Crippen LogP contribution in [0.2, 0.25) is 0 Å². The molecule has 3 aromatic carbocycles. The van der Waals surface area contributed by atoms with Gasteiger partial charge in [-0.2, -0.15) is 0 Å². The second-order valence-electron chi connectivity index (χ2n) is 6.16. The van der Waals surface area contributed by atoms with Gasteiger partial charge in [-0.3, -0.25) is 0 Å². The minimum Gasteiger partial charge on any atom is -0.497 e. The van der Waals surface area contributed by atoms with Crippen molar-refractivity contribution in [2.75, 3.05) is 7.11 Å². The van der Waals surface area contributed by atoms with Crippen LogP contribution in [0.4, 0.5) is 0 Å². The molecule has 0 aliphatic rings. The van der Waals surface area contributed by atoms with Gasteiger partial charge in [-0.15, -0.1) is 0 Å². The van der Waals surface area contributed by atoms with Crippen LogP contribution < -0.4 is 4.74 Å². The van der Waals surface area contributed by atoms with E-state index in [-0.39, 0.29) is 5.92 Å². The molecule has 0 aliphatic carbocycles. The van der Waals surface area contributed by atoms with Crippen molar-refractivity contribution in [1.82, 2.24) is 0 Å². The molecule has 0 amide bonds. The van der Waals surface area contributed by atoms with Crippen LogP contribution in [0.3, 0.4) is 0 Å². The maximum absolute atomic E-state index is 5.26. The van der Waals surface area contributed by atoms with Gasteiger partial charge in [0.05, 0.1) is 13.0 Å². The highest BCUT2D eigenvalue weighted by atomic mass is 16.5. The summed E-state index contributed by atoms with van der Waals surface area (Å²) in [6.45, 7) is 2.10. The van der Waals surface area contributed by atoms with Gasteiger partial charge >= 0.3 is 0 Å². The molecule has 26 heavy (non-hydrogen) atoms. The minimum absolute atomic E-state index is 0.0161. The predicted octanol–water partition coefficient (Wildman–Crippen LogP) is 5.85. The first kappa shape index (κ1) is 17.6. The number of methoxy groups -OCH3 is 1. The molecular weight excluding hydrogens is 316 g/mol. The molecule has 3 rings (SSSR count). The number of hydrogen-bond acceptors (Lipinski definition) is 1. The van der Waals surface area contributed by atoms with Gasteiger partial charge in [0.2, 0.25) is 0 Å². The van der Waals surface area contributed by atoms with Gasteiger partial charge in [0, 0.05) is 5.56 Å². The SMILES string of the molecule is COc1ccc(C(C#Cc2ccccc2)/C=C/c2ccc(C)cc2)cc1. The first-order valence-corrected chi connectivity index (χ1v) is 8.70. The van der Waals surface area contributed by atoms with Gasteiger partial charge in [0.1, 0.15) is 5.75 Å². The van der Waals surface area contributed by atoms with E-state index in [4.69, 9.17) is 4.74 Å². The van der Waals surface area contributed by atoms with Crippen molar-refractivity contribution in [2.45, 2.75) is 12.8 Å². The average Bonchev–Trinajstić information content (AvgIpc) is 2.70. The molecule has 1 nitrogen and oxygen atoms in total. The van der Waals surface area contributed by atoms with Crippen LogP contribution in [-0.4, -0.2) is 7.11 Å². The fourth-order valence-electron chi connectivity index (χ4n) is 2.62. The Morgan fingerprint density at radius 2 is 1.54 bits per heavy atom. The molecule has 0 N–H and O–H groups in total. The smallest absolute Gasteiger partial charge is 0.118 e. The molecule has 0 heterocycles. The number of benzene rings is 3. The summed E-state index contributed by atoms with van der Waals surface area (Å²) in [6, 6.07) is 26.7. The summed E-state index contributed by atoms with van der Waals surface area (Å²) in [5.41, 5.74) is 4.61. The quantitative estimate of drug-likeness (QED) is 0.542. The molecule has 128 valence electrons. The largest absolute Gasteiger partial charge is 0.497 e. The highest BCUT2D eigenvalue weighted by Crippen LogP contribution is 2.21. The first-order valence-electron chi connectivity index (χ1n) is 8.70. The standard InChI is InChI=1S/C25H22O/c1-20-8-10-22(11-9-20)13-15-23(14-12-21-6-4-3-5-7-21)24-16-18-25(26-2)19-17-24/h3-11,13,15-19,23H,1-2H3/b15-13+. The zero-order valence-electron chi connectivity index (χ0n) is 15.1. The molecule has 0 saturated carbocycles. The van der Waals surface area contributed by atoms with Crippen LogP contribution in [0.25, 0.3) is 6.08 Å². The van der Waals surface area contributed by atoms with Crippen molar-refractivity contribution in [1.29, 1.82) is 0 Å². The lowest BCUT2D eigenvalue weighted by atomic mass is 9.97. The van der Waals surface area contributed by atoms with Crippen LogP contribution in [0, 0.1) is 18.8 Å². The summed E-state index contributed by atoms with van der Waals surface area (Å²) < 4.78 is 5.26. The number of hydrogen-bond donors (Lipinski definition) is 0. The summed E-state index contributed by atoms with van der Waals surface area (Å²) in [5.74, 6) is 7.55. The van der Waals surface area contributed by atoms with E-state index in [1.54, 1.807) is 7.11 Å². The Morgan fingerprint density at radius 3 is 2.19 bits per heavy atom. The Balaban J connectivity index is 1.90. The van der Waals surface area contributed by atoms with Gasteiger partial charge in [0.25, 0.3) is 0 Å². The van der Waals surface area contributed by atoms with Crippen molar-refractivity contribution >= 4 is 6.08 Å². The van der Waals surface area contributed by atoms with Crippen LogP contribution in [-0.2, 0) is 0 Å². The lowest BCUT2D eigenvalue weighted by Crippen LogP contribution is -1.93. The number of aryl methyl sites for hydroxylation is 1. The lowest BCUT2D eigenvalue weighted by Gasteiger charge is -2.08. The van der Waals surface area contributed by atoms with E-state index in [9.17, 15) is 0 Å². The van der Waals surface area contributed by atoms with Crippen molar-refractivity contribution in [2.24, 2.45) is 0 Å². The van der Waals surface area contributed by atoms with Crippen molar-refractivity contribution < 1.29 is 4.74 Å². The van der Waals surface area contributed by atoms with Gasteiger partial charge in [-0.05, 0) is 42.3 Å². The summed E-state index contributed by atoms with van der Waals surface area (Å²) in [6.07, 6.45) is 4.29. The third kappa shape index (κ3) is 4.88. The predicted molar refractivity (Wildman–Crippen MR) is 109 cm³/mol. The maximum Gasteiger partial charge on any atom is 0.118 e. The Morgan fingerprint density at radius 1 is 0.846 bits per heavy atom. The van der Waals surface area contributed by atoms with Gasteiger partial charge in [0.15, 0.2) is 0 Å². The average molecular weight is 338 g/mol. The Kier molecular flexibility index (Phi) is 5.91. The normalized spacial score (nSPS) is 11.6. The minimum atomic E-state index is 0.0161. The highest BCUT2D eigenvalue weighted by molar-refractivity contribution is 5.53. The van der Waals surface area contributed by atoms with E-state index < -0.39 is 0 Å². The number of allylic oxidation sites excluding steroid dienone is 1. The zero-order chi connectivity index (χ0) is 18.2. The molecule has 0 fully saturated rings. The summed E-state index contributed by atoms with van der Waals surface area (Å²) >= 11 is 0. The number of ether oxygens (including phenoxy) is 1. The summed E-state index contributed by atoms with van der Waals surface area (Å²) in [4.78, 5) is 0. The van der Waals surface area contributed by atoms with E-state index >= 15 is 0 Å². The van der Waals surface area contributed by atoms with Gasteiger partial charge in [-0.25, -0.2) is 0 Å². The zero-order valence-corrected chi connectivity index (χ0v) is 15.1. The molecule has 1 heteroatoms. The van der Waals surface area contributed by atoms with E-state index in [1.165, 1.54) is 11.1 Å². The van der Waals surface area contributed by atoms with Crippen molar-refractivity contribution in [3.63, 3.8) is 0 Å². The molecule has 0 aromatic heterocycles. The topological polar surface area (TPSA) is 9.23 Å². The highest BCUT2D eigenvalue weighted by Gasteiger charge is 2.05. The van der Waals surface area contributed by atoms with Gasteiger partial charge < -0.3 is 4.74 Å². The fourth-order valence-corrected chi connectivity index (χ4v) is 2.62. The van der Waals surface area contributed by atoms with Gasteiger partial charge in [-0.1, -0.05) is 84.2 Å². The van der Waals surface area contributed by atoms with Crippen LogP contribution in [0.5, 0.6) is 5.75 Å². The van der Waals surface area contributed by atoms with Crippen molar-refractivity contribution in [3.05, 3.63) is 107 Å². The Labute approximate surface area is 156 Å². The van der Waals surface area contributed by atoms with Crippen LogP contribution >= 0.6 is 0 Å². The van der Waals surface area contributed by atoms with E-state index in [0.29, 0.717) is 0 Å². The molecular formula is C25H22O. The molecule has 0 bridgehead atoms. The molecule has 1 atom stereocenters. The number of rotatable bonds is 4. The lowest BCUT2D eigenvalue weighted by molar-refractivity contribution is 0.414. The molecule has 0 spiro atoms. The van der Waals surface area contributed by atoms with E-state index in [0.717, 1.165) is 16.9 Å². The van der Waals surface area contributed by atoms with E-state index in [2.05, 4.69) is 67.3 Å². The molecule has 0 radical (unpaired) electrons. The van der Waals surface area contributed by atoms with Crippen molar-refractivity contribution in [3.8, 4) is 17.6 Å². The molecule has 3 aromatic rings. The monoisotopic (exact) mass is 338 g/mol. The second kappa shape index (κ2) is 8.74. The Bertz CT molecular complexity index is 908. The van der Waals surface area contributed by atoms with Crippen LogP contribution in [0.15, 0.2) is 84.9 Å². The molecule has 0 saturated heterocycles. The third-order valence-corrected chi connectivity index (χ3v) is 4.18. The maximum atomic E-state index is 5.26. The first-order chi connectivity index (χ1) is 12.7. The third-order valence-electron chi connectivity index (χ3n) is 4.18. The molecule has 1 unspecified atom stereocenters. The Hall–Kier alpha value is -3.24.